The fourth-order valence-electron chi connectivity index (χ4n) is 2.70. The van der Waals surface area contributed by atoms with E-state index >= 15 is 0 Å². The van der Waals surface area contributed by atoms with Gasteiger partial charge in [0.25, 0.3) is 0 Å². The highest BCUT2D eigenvalue weighted by molar-refractivity contribution is 6.31. The number of nitrogens with zero attached hydrogens (tertiary/aromatic N) is 1. The van der Waals surface area contributed by atoms with Gasteiger partial charge in [0.2, 0.25) is 0 Å². The number of hydrogen-bond donors (Lipinski definition) is 1. The maximum atomic E-state index is 6.19. The lowest BCUT2D eigenvalue weighted by molar-refractivity contribution is 0.573. The van der Waals surface area contributed by atoms with Crippen LogP contribution in [0.3, 0.4) is 0 Å². The Balaban J connectivity index is 1.88. The van der Waals surface area contributed by atoms with Crippen LogP contribution < -0.4 is 5.73 Å². The van der Waals surface area contributed by atoms with Gasteiger partial charge in [0, 0.05) is 30.0 Å². The number of nitrogens with two attached hydrogens (primary N) is 1. The van der Waals surface area contributed by atoms with Gasteiger partial charge in [-0.15, -0.1) is 0 Å². The van der Waals surface area contributed by atoms with Crippen molar-refractivity contribution >= 4 is 11.6 Å². The molecule has 1 unspecified atom stereocenters. The molecule has 0 bridgehead atoms. The molecule has 0 saturated carbocycles. The molecule has 0 fully saturated rings. The standard InChI is InChI=1S/C15H17ClN2/c16-14-6-2-1-4-12(14)9-18-8-11-5-3-7-15(17)13(11)10-18/h1-2,4,6,8,10,15H,3,5,7,9,17H2. The summed E-state index contributed by atoms with van der Waals surface area (Å²) in [7, 11) is 0. The molecule has 0 amide bonds. The highest BCUT2D eigenvalue weighted by Gasteiger charge is 2.18. The third kappa shape index (κ3) is 2.18. The van der Waals surface area contributed by atoms with Gasteiger partial charge in [0.15, 0.2) is 0 Å². The highest BCUT2D eigenvalue weighted by atomic mass is 35.5. The summed E-state index contributed by atoms with van der Waals surface area (Å²) in [6.45, 7) is 0.819. The second-order valence-electron chi connectivity index (χ2n) is 5.00. The van der Waals surface area contributed by atoms with E-state index in [1.165, 1.54) is 17.5 Å². The van der Waals surface area contributed by atoms with Crippen LogP contribution >= 0.6 is 11.6 Å². The zero-order valence-corrected chi connectivity index (χ0v) is 11.0. The number of fused-ring (bicyclic) bond motifs is 1. The van der Waals surface area contributed by atoms with Crippen LogP contribution in [0.2, 0.25) is 5.02 Å². The Morgan fingerprint density at radius 3 is 2.89 bits per heavy atom. The van der Waals surface area contributed by atoms with E-state index in [1.807, 2.05) is 18.2 Å². The molecule has 1 atom stereocenters. The summed E-state index contributed by atoms with van der Waals surface area (Å²) in [4.78, 5) is 0. The van der Waals surface area contributed by atoms with Crippen molar-refractivity contribution in [2.75, 3.05) is 0 Å². The summed E-state index contributed by atoms with van der Waals surface area (Å²) in [6, 6.07) is 8.20. The van der Waals surface area contributed by atoms with Crippen molar-refractivity contribution in [2.45, 2.75) is 31.8 Å². The number of aromatic nitrogens is 1. The minimum atomic E-state index is 0.209. The molecule has 94 valence electrons. The molecular weight excluding hydrogens is 244 g/mol. The van der Waals surface area contributed by atoms with E-state index in [2.05, 4.69) is 23.0 Å². The zero-order chi connectivity index (χ0) is 12.5. The first kappa shape index (κ1) is 11.8. The molecule has 0 saturated heterocycles. The predicted molar refractivity (Wildman–Crippen MR) is 74.9 cm³/mol. The number of aryl methyl sites for hydroxylation is 1. The Kier molecular flexibility index (Phi) is 3.14. The van der Waals surface area contributed by atoms with Crippen molar-refractivity contribution in [2.24, 2.45) is 5.73 Å². The van der Waals surface area contributed by atoms with E-state index in [-0.39, 0.29) is 6.04 Å². The lowest BCUT2D eigenvalue weighted by Crippen LogP contribution is -2.15. The van der Waals surface area contributed by atoms with Crippen LogP contribution in [-0.4, -0.2) is 4.57 Å². The fourth-order valence-corrected chi connectivity index (χ4v) is 2.89. The first-order valence-electron chi connectivity index (χ1n) is 6.41. The highest BCUT2D eigenvalue weighted by Crippen LogP contribution is 2.29. The topological polar surface area (TPSA) is 30.9 Å². The van der Waals surface area contributed by atoms with Gasteiger partial charge in [-0.25, -0.2) is 0 Å². The van der Waals surface area contributed by atoms with Crippen molar-refractivity contribution in [3.8, 4) is 0 Å². The van der Waals surface area contributed by atoms with Crippen LogP contribution in [0.4, 0.5) is 0 Å². The minimum absolute atomic E-state index is 0.209. The summed E-state index contributed by atoms with van der Waals surface area (Å²) in [6.07, 6.45) is 7.85. The van der Waals surface area contributed by atoms with Crippen molar-refractivity contribution in [3.63, 3.8) is 0 Å². The van der Waals surface area contributed by atoms with Crippen LogP contribution in [0.25, 0.3) is 0 Å². The summed E-state index contributed by atoms with van der Waals surface area (Å²) in [5, 5.41) is 0.827. The summed E-state index contributed by atoms with van der Waals surface area (Å²) in [5.74, 6) is 0. The number of hydrogen-bond acceptors (Lipinski definition) is 1. The van der Waals surface area contributed by atoms with E-state index in [0.717, 1.165) is 30.0 Å². The molecule has 1 aromatic heterocycles. The van der Waals surface area contributed by atoms with Crippen molar-refractivity contribution in [1.29, 1.82) is 0 Å². The van der Waals surface area contributed by atoms with E-state index in [0.29, 0.717) is 0 Å². The average Bonchev–Trinajstić information content (AvgIpc) is 2.76. The molecule has 18 heavy (non-hydrogen) atoms. The fraction of sp³-hybridized carbons (Fsp3) is 0.333. The van der Waals surface area contributed by atoms with Gasteiger partial charge < -0.3 is 10.3 Å². The van der Waals surface area contributed by atoms with Crippen molar-refractivity contribution in [3.05, 3.63) is 58.4 Å². The zero-order valence-electron chi connectivity index (χ0n) is 10.3. The smallest absolute Gasteiger partial charge is 0.0485 e. The van der Waals surface area contributed by atoms with Gasteiger partial charge in [-0.05, 0) is 42.0 Å². The average molecular weight is 261 g/mol. The van der Waals surface area contributed by atoms with Crippen LogP contribution in [0, 0.1) is 0 Å². The Bertz CT molecular complexity index is 559. The van der Waals surface area contributed by atoms with Gasteiger partial charge >= 0.3 is 0 Å². The molecule has 1 heterocycles. The predicted octanol–water partition coefficient (Wildman–Crippen LogP) is 3.53. The summed E-state index contributed by atoms with van der Waals surface area (Å²) < 4.78 is 2.21. The molecule has 0 radical (unpaired) electrons. The van der Waals surface area contributed by atoms with Crippen LogP contribution in [0.1, 0.15) is 35.6 Å². The molecule has 3 rings (SSSR count). The summed E-state index contributed by atoms with van der Waals surface area (Å²) in [5.41, 5.74) is 10.0. The number of rotatable bonds is 2. The Morgan fingerprint density at radius 2 is 2.11 bits per heavy atom. The molecule has 2 N–H and O–H groups in total. The second kappa shape index (κ2) is 4.79. The minimum Gasteiger partial charge on any atom is -0.349 e. The molecule has 0 aliphatic heterocycles. The molecular formula is C15H17ClN2. The van der Waals surface area contributed by atoms with E-state index in [4.69, 9.17) is 17.3 Å². The number of halogens is 1. The van der Waals surface area contributed by atoms with E-state index < -0.39 is 0 Å². The molecule has 2 aromatic rings. The van der Waals surface area contributed by atoms with Crippen molar-refractivity contribution in [1.82, 2.24) is 4.57 Å². The van der Waals surface area contributed by atoms with Gasteiger partial charge in [0.05, 0.1) is 0 Å². The van der Waals surface area contributed by atoms with Crippen LogP contribution in [0.5, 0.6) is 0 Å². The largest absolute Gasteiger partial charge is 0.349 e. The van der Waals surface area contributed by atoms with Gasteiger partial charge in [-0.1, -0.05) is 29.8 Å². The van der Waals surface area contributed by atoms with E-state index in [1.54, 1.807) is 0 Å². The normalized spacial score (nSPS) is 18.7. The van der Waals surface area contributed by atoms with E-state index in [9.17, 15) is 0 Å². The molecule has 2 nitrogen and oxygen atoms in total. The van der Waals surface area contributed by atoms with Crippen molar-refractivity contribution < 1.29 is 0 Å². The van der Waals surface area contributed by atoms with Gasteiger partial charge in [0.1, 0.15) is 0 Å². The second-order valence-corrected chi connectivity index (χ2v) is 5.41. The first-order valence-corrected chi connectivity index (χ1v) is 6.79. The van der Waals surface area contributed by atoms with Crippen LogP contribution in [-0.2, 0) is 13.0 Å². The molecule has 3 heteroatoms. The van der Waals surface area contributed by atoms with Crippen LogP contribution in [0.15, 0.2) is 36.7 Å². The Hall–Kier alpha value is -1.25. The van der Waals surface area contributed by atoms with Gasteiger partial charge in [-0.3, -0.25) is 0 Å². The maximum absolute atomic E-state index is 6.19. The molecule has 1 aliphatic rings. The molecule has 0 spiro atoms. The lowest BCUT2D eigenvalue weighted by atomic mass is 9.92. The Morgan fingerprint density at radius 1 is 1.28 bits per heavy atom. The van der Waals surface area contributed by atoms with Gasteiger partial charge in [-0.2, -0.15) is 0 Å². The molecule has 1 aromatic carbocycles. The third-order valence-corrected chi connectivity index (χ3v) is 4.04. The maximum Gasteiger partial charge on any atom is 0.0485 e. The monoisotopic (exact) mass is 260 g/mol. The first-order chi connectivity index (χ1) is 8.74. The summed E-state index contributed by atoms with van der Waals surface area (Å²) >= 11 is 6.19. The Labute approximate surface area is 112 Å². The number of benzene rings is 1. The SMILES string of the molecule is NC1CCCc2cn(Cc3ccccc3Cl)cc21. The quantitative estimate of drug-likeness (QED) is 0.880. The lowest BCUT2D eigenvalue weighted by Gasteiger charge is -2.17. The molecule has 1 aliphatic carbocycles. The third-order valence-electron chi connectivity index (χ3n) is 3.67.